The average molecular weight is 413 g/mol. The lowest BCUT2D eigenvalue weighted by Crippen LogP contribution is -2.44. The molecule has 0 bridgehead atoms. The number of hydrazine groups is 1. The molecule has 3 rings (SSSR count). The number of carbonyl (C=O) groups is 3. The van der Waals surface area contributed by atoms with Crippen molar-refractivity contribution in [2.24, 2.45) is 0 Å². The van der Waals surface area contributed by atoms with Crippen molar-refractivity contribution >= 4 is 58.2 Å². The van der Waals surface area contributed by atoms with Gasteiger partial charge in [0.05, 0.1) is 9.83 Å². The fourth-order valence-electron chi connectivity index (χ4n) is 2.31. The van der Waals surface area contributed by atoms with Gasteiger partial charge in [0.25, 0.3) is 17.5 Å². The Balaban J connectivity index is 1.77. The van der Waals surface area contributed by atoms with Gasteiger partial charge in [-0.05, 0) is 29.9 Å². The Hall–Kier alpha value is -3.37. The summed E-state index contributed by atoms with van der Waals surface area (Å²) in [5, 5.41) is 11.8. The molecule has 0 saturated carbocycles. The van der Waals surface area contributed by atoms with Crippen LogP contribution in [0.25, 0.3) is 6.08 Å². The number of benzene rings is 2. The summed E-state index contributed by atoms with van der Waals surface area (Å²) in [6, 6.07) is 11.7. The Morgan fingerprint density at radius 2 is 1.86 bits per heavy atom. The number of hydrogen-bond acceptors (Lipinski definition) is 7. The second kappa shape index (κ2) is 8.11. The van der Waals surface area contributed by atoms with E-state index >= 15 is 0 Å². The molecule has 140 valence electrons. The number of thiocarbonyl (C=S) groups is 1. The normalized spacial score (nSPS) is 15.0. The van der Waals surface area contributed by atoms with E-state index in [-0.39, 0.29) is 15.6 Å². The quantitative estimate of drug-likeness (QED) is 0.264. The third-order valence-electron chi connectivity index (χ3n) is 3.70. The van der Waals surface area contributed by atoms with Gasteiger partial charge in [0.2, 0.25) is 0 Å². The molecule has 28 heavy (non-hydrogen) atoms. The average Bonchev–Trinajstić information content (AvgIpc) is 2.96. The van der Waals surface area contributed by atoms with Crippen LogP contribution in [0.4, 0.5) is 5.69 Å². The van der Waals surface area contributed by atoms with E-state index in [4.69, 9.17) is 12.2 Å². The monoisotopic (exact) mass is 413 g/mol. The van der Waals surface area contributed by atoms with E-state index in [1.807, 2.05) is 0 Å². The van der Waals surface area contributed by atoms with Crippen molar-refractivity contribution in [2.45, 2.75) is 0 Å². The molecule has 2 amide bonds. The summed E-state index contributed by atoms with van der Waals surface area (Å²) in [5.74, 6) is -1.22. The second-order valence-electron chi connectivity index (χ2n) is 5.55. The van der Waals surface area contributed by atoms with E-state index in [1.165, 1.54) is 18.2 Å². The van der Waals surface area contributed by atoms with Gasteiger partial charge in [0.15, 0.2) is 4.32 Å². The van der Waals surface area contributed by atoms with Crippen LogP contribution in [0.5, 0.6) is 0 Å². The van der Waals surface area contributed by atoms with E-state index in [2.05, 4.69) is 5.43 Å². The van der Waals surface area contributed by atoms with Crippen molar-refractivity contribution in [3.05, 3.63) is 80.2 Å². The molecule has 0 radical (unpaired) electrons. The molecule has 0 aromatic heterocycles. The van der Waals surface area contributed by atoms with E-state index in [0.29, 0.717) is 22.3 Å². The van der Waals surface area contributed by atoms with E-state index < -0.39 is 16.7 Å². The molecule has 0 unspecified atom stereocenters. The van der Waals surface area contributed by atoms with Crippen LogP contribution in [0.15, 0.2) is 53.4 Å². The first-order chi connectivity index (χ1) is 13.4. The van der Waals surface area contributed by atoms with Gasteiger partial charge in [0, 0.05) is 23.3 Å². The standard InChI is InChI=1S/C18H11N3O5S2/c22-10-12-6-4-11(5-7-12)8-15-17(24)20(18(27)28-15)19-16(23)13-2-1-3-14(9-13)21(25)26/h1-10H,(H,19,23)/b15-8-. The largest absolute Gasteiger partial charge is 0.298 e. The summed E-state index contributed by atoms with van der Waals surface area (Å²) in [7, 11) is 0. The maximum absolute atomic E-state index is 12.6. The molecule has 1 aliphatic rings. The van der Waals surface area contributed by atoms with E-state index in [0.717, 1.165) is 22.8 Å². The Morgan fingerprint density at radius 3 is 2.50 bits per heavy atom. The first-order valence-corrected chi connectivity index (χ1v) is 9.00. The Bertz CT molecular complexity index is 1030. The van der Waals surface area contributed by atoms with Crippen LogP contribution in [-0.2, 0) is 4.79 Å². The minimum Gasteiger partial charge on any atom is -0.298 e. The molecule has 1 heterocycles. The molecular weight excluding hydrogens is 402 g/mol. The lowest BCUT2D eigenvalue weighted by atomic mass is 10.1. The zero-order valence-electron chi connectivity index (χ0n) is 14.0. The number of non-ortho nitro benzene ring substituents is 1. The molecule has 1 N–H and O–H groups in total. The van der Waals surface area contributed by atoms with Crippen LogP contribution >= 0.6 is 24.0 Å². The molecule has 8 nitrogen and oxygen atoms in total. The number of nitrogens with one attached hydrogen (secondary N) is 1. The van der Waals surface area contributed by atoms with Gasteiger partial charge in [0.1, 0.15) is 6.29 Å². The topological polar surface area (TPSA) is 110 Å². The van der Waals surface area contributed by atoms with Crippen molar-refractivity contribution in [1.82, 2.24) is 10.4 Å². The molecule has 2 aromatic carbocycles. The third-order valence-corrected chi connectivity index (χ3v) is 5.00. The van der Waals surface area contributed by atoms with Crippen molar-refractivity contribution in [1.29, 1.82) is 0 Å². The lowest BCUT2D eigenvalue weighted by Gasteiger charge is -2.15. The number of carbonyl (C=O) groups excluding carboxylic acids is 3. The van der Waals surface area contributed by atoms with Gasteiger partial charge in [-0.1, -0.05) is 42.1 Å². The van der Waals surface area contributed by atoms with E-state index in [1.54, 1.807) is 30.3 Å². The van der Waals surface area contributed by atoms with Crippen molar-refractivity contribution in [3.63, 3.8) is 0 Å². The van der Waals surface area contributed by atoms with Gasteiger partial charge in [-0.15, -0.1) is 0 Å². The number of aldehydes is 1. The Kier molecular flexibility index (Phi) is 5.62. The number of nitro groups is 1. The maximum Gasteiger partial charge on any atom is 0.285 e. The number of amides is 2. The molecule has 0 spiro atoms. The molecule has 0 aliphatic carbocycles. The third kappa shape index (κ3) is 4.13. The fraction of sp³-hybridized carbons (Fsp3) is 0. The molecule has 10 heteroatoms. The summed E-state index contributed by atoms with van der Waals surface area (Å²) >= 11 is 6.15. The highest BCUT2D eigenvalue weighted by Crippen LogP contribution is 2.31. The molecule has 0 atom stereocenters. The Labute approximate surface area is 168 Å². The number of rotatable bonds is 5. The van der Waals surface area contributed by atoms with Crippen LogP contribution in [0.2, 0.25) is 0 Å². The van der Waals surface area contributed by atoms with Gasteiger partial charge in [-0.2, -0.15) is 5.01 Å². The van der Waals surface area contributed by atoms with E-state index in [9.17, 15) is 24.5 Å². The summed E-state index contributed by atoms with van der Waals surface area (Å²) in [6.45, 7) is 0. The highest BCUT2D eigenvalue weighted by molar-refractivity contribution is 8.26. The first kappa shape index (κ1) is 19.4. The number of hydrogen-bond donors (Lipinski definition) is 1. The SMILES string of the molecule is O=Cc1ccc(/C=C2\SC(=S)N(NC(=O)c3cccc([N+](=O)[O-])c3)C2=O)cc1. The molecule has 2 aromatic rings. The minimum atomic E-state index is -0.698. The van der Waals surface area contributed by atoms with Gasteiger partial charge >= 0.3 is 0 Å². The van der Waals surface area contributed by atoms with Crippen LogP contribution < -0.4 is 5.43 Å². The van der Waals surface area contributed by atoms with Gasteiger partial charge < -0.3 is 0 Å². The molecule has 1 saturated heterocycles. The lowest BCUT2D eigenvalue weighted by molar-refractivity contribution is -0.384. The van der Waals surface area contributed by atoms with Crippen LogP contribution in [0, 0.1) is 10.1 Å². The molecule has 1 aliphatic heterocycles. The minimum absolute atomic E-state index is 0.0247. The van der Waals surface area contributed by atoms with Crippen molar-refractivity contribution in [3.8, 4) is 0 Å². The zero-order chi connectivity index (χ0) is 20.3. The fourth-order valence-corrected chi connectivity index (χ4v) is 3.49. The number of nitro benzene ring substituents is 1. The van der Waals surface area contributed by atoms with Gasteiger partial charge in [-0.3, -0.25) is 29.9 Å². The first-order valence-electron chi connectivity index (χ1n) is 7.77. The maximum atomic E-state index is 12.6. The number of nitrogens with zero attached hydrogens (tertiary/aromatic N) is 2. The molecule has 1 fully saturated rings. The highest BCUT2D eigenvalue weighted by Gasteiger charge is 2.33. The van der Waals surface area contributed by atoms with Crippen molar-refractivity contribution < 1.29 is 19.3 Å². The predicted octanol–water partition coefficient (Wildman–Crippen LogP) is 2.95. The second-order valence-corrected chi connectivity index (χ2v) is 7.23. The summed E-state index contributed by atoms with van der Waals surface area (Å²) < 4.78 is 0.125. The van der Waals surface area contributed by atoms with Crippen LogP contribution in [-0.4, -0.2) is 32.4 Å². The smallest absolute Gasteiger partial charge is 0.285 e. The predicted molar refractivity (Wildman–Crippen MR) is 107 cm³/mol. The van der Waals surface area contributed by atoms with Crippen LogP contribution in [0.3, 0.4) is 0 Å². The molecular formula is C18H11N3O5S2. The summed E-state index contributed by atoms with van der Waals surface area (Å²) in [4.78, 5) is 46.1. The highest BCUT2D eigenvalue weighted by atomic mass is 32.2. The number of thioether (sulfide) groups is 1. The summed E-state index contributed by atoms with van der Waals surface area (Å²) in [5.41, 5.74) is 3.35. The van der Waals surface area contributed by atoms with Gasteiger partial charge in [-0.25, -0.2) is 0 Å². The summed E-state index contributed by atoms with van der Waals surface area (Å²) in [6.07, 6.45) is 2.31. The zero-order valence-corrected chi connectivity index (χ0v) is 15.7. The Morgan fingerprint density at radius 1 is 1.18 bits per heavy atom. The van der Waals surface area contributed by atoms with Crippen molar-refractivity contribution in [2.75, 3.05) is 0 Å². The van der Waals surface area contributed by atoms with Crippen LogP contribution in [0.1, 0.15) is 26.3 Å².